The number of benzene rings is 2. The lowest BCUT2D eigenvalue weighted by Crippen LogP contribution is -2.22. The molecule has 0 aliphatic carbocycles. The van der Waals surface area contributed by atoms with E-state index >= 15 is 0 Å². The number of aromatic nitrogens is 3. The lowest BCUT2D eigenvalue weighted by molar-refractivity contribution is -0.115. The van der Waals surface area contributed by atoms with Crippen LogP contribution in [0.15, 0.2) is 58.3 Å². The molecule has 0 spiro atoms. The Morgan fingerprint density at radius 1 is 1.16 bits per heavy atom. The van der Waals surface area contributed by atoms with Gasteiger partial charge < -0.3 is 5.32 Å². The lowest BCUT2D eigenvalue weighted by atomic mass is 10.1. The maximum atomic E-state index is 12.3. The van der Waals surface area contributed by atoms with Gasteiger partial charge in [0.1, 0.15) is 0 Å². The minimum atomic E-state index is -0.0567. The van der Waals surface area contributed by atoms with Gasteiger partial charge in [-0.3, -0.25) is 9.69 Å². The summed E-state index contributed by atoms with van der Waals surface area (Å²) in [6, 6.07) is 16.2. The maximum absolute atomic E-state index is 12.3. The smallest absolute Gasteiger partial charge is 0.230 e. The van der Waals surface area contributed by atoms with Crippen molar-refractivity contribution in [1.29, 1.82) is 0 Å². The summed E-state index contributed by atoms with van der Waals surface area (Å²) in [7, 11) is 0. The molecule has 2 aromatic heterocycles. The van der Waals surface area contributed by atoms with Crippen LogP contribution in [0.3, 0.4) is 0 Å². The summed E-state index contributed by atoms with van der Waals surface area (Å²) in [6.45, 7) is 5.73. The second kappa shape index (κ2) is 10.2. The molecule has 0 aliphatic heterocycles. The first-order chi connectivity index (χ1) is 15.5. The van der Waals surface area contributed by atoms with E-state index in [2.05, 4.69) is 41.5 Å². The van der Waals surface area contributed by atoms with Crippen molar-refractivity contribution in [3.05, 3.63) is 70.7 Å². The number of amides is 1. The Balaban J connectivity index is 1.40. The van der Waals surface area contributed by atoms with Crippen molar-refractivity contribution in [3.8, 4) is 0 Å². The molecule has 0 unspecified atom stereocenters. The highest BCUT2D eigenvalue weighted by atomic mass is 32.2. The van der Waals surface area contributed by atoms with Crippen LogP contribution in [0, 0.1) is 6.92 Å². The molecular weight excluding hydrogens is 458 g/mol. The van der Waals surface area contributed by atoms with Gasteiger partial charge in [0.2, 0.25) is 11.0 Å². The van der Waals surface area contributed by atoms with Crippen LogP contribution in [0.25, 0.3) is 0 Å². The van der Waals surface area contributed by atoms with E-state index in [9.17, 15) is 4.79 Å². The van der Waals surface area contributed by atoms with Crippen LogP contribution in [-0.2, 0) is 17.0 Å². The monoisotopic (exact) mass is 481 g/mol. The van der Waals surface area contributed by atoms with Crippen molar-refractivity contribution in [2.75, 3.05) is 10.2 Å². The van der Waals surface area contributed by atoms with Gasteiger partial charge in [-0.1, -0.05) is 54.3 Å². The zero-order valence-corrected chi connectivity index (χ0v) is 20.5. The van der Waals surface area contributed by atoms with Gasteiger partial charge in [-0.05, 0) is 48.7 Å². The molecule has 9 heteroatoms. The molecule has 4 aromatic rings. The molecule has 0 saturated carbocycles. The number of hydrogen-bond acceptors (Lipinski definition) is 8. The summed E-state index contributed by atoms with van der Waals surface area (Å²) in [4.78, 5) is 18.7. The van der Waals surface area contributed by atoms with Crippen molar-refractivity contribution in [3.63, 3.8) is 0 Å². The fourth-order valence-electron chi connectivity index (χ4n) is 3.07. The first-order valence-corrected chi connectivity index (χ1v) is 12.8. The zero-order valence-electron chi connectivity index (χ0n) is 18.0. The molecule has 2 aromatic carbocycles. The van der Waals surface area contributed by atoms with Gasteiger partial charge in [0, 0.05) is 23.7 Å². The predicted molar refractivity (Wildman–Crippen MR) is 135 cm³/mol. The van der Waals surface area contributed by atoms with Crippen LogP contribution in [0.4, 0.5) is 21.6 Å². The summed E-state index contributed by atoms with van der Waals surface area (Å²) < 4.78 is 0.869. The Bertz CT molecular complexity index is 1200. The Labute approximate surface area is 199 Å². The average Bonchev–Trinajstić information content (AvgIpc) is 3.42. The van der Waals surface area contributed by atoms with Crippen LogP contribution in [-0.4, -0.2) is 21.1 Å². The van der Waals surface area contributed by atoms with Crippen molar-refractivity contribution in [1.82, 2.24) is 15.2 Å². The van der Waals surface area contributed by atoms with E-state index in [0.717, 1.165) is 33.0 Å². The van der Waals surface area contributed by atoms with Crippen LogP contribution in [0.5, 0.6) is 0 Å². The first-order valence-electron chi connectivity index (χ1n) is 10.2. The molecule has 0 saturated heterocycles. The number of thioether (sulfide) groups is 1. The van der Waals surface area contributed by atoms with Gasteiger partial charge in [0.15, 0.2) is 9.47 Å². The molecule has 4 rings (SSSR count). The summed E-state index contributed by atoms with van der Waals surface area (Å²) in [5, 5.41) is 15.2. The molecule has 0 fully saturated rings. The Morgan fingerprint density at radius 3 is 2.69 bits per heavy atom. The standard InChI is InChI=1S/C23H23N5OS3/c1-4-17-8-10-20(11-9-17)28(16(3)29)22-25-19(13-30-22)14-31-23-27-26-21(32-23)24-18-7-5-6-15(2)12-18/h5-13H,4,14H2,1-3H3,(H,24,26). The van der Waals surface area contributed by atoms with Gasteiger partial charge in [-0.2, -0.15) is 0 Å². The molecular formula is C23H23N5OS3. The highest BCUT2D eigenvalue weighted by Crippen LogP contribution is 2.33. The van der Waals surface area contributed by atoms with E-state index in [-0.39, 0.29) is 5.91 Å². The van der Waals surface area contributed by atoms with Crippen LogP contribution in [0.2, 0.25) is 0 Å². The van der Waals surface area contributed by atoms with Gasteiger partial charge >= 0.3 is 0 Å². The fourth-order valence-corrected chi connectivity index (χ4v) is 5.73. The van der Waals surface area contributed by atoms with E-state index in [1.54, 1.807) is 23.6 Å². The topological polar surface area (TPSA) is 71.0 Å². The van der Waals surface area contributed by atoms with Crippen molar-refractivity contribution in [2.24, 2.45) is 0 Å². The van der Waals surface area contributed by atoms with Crippen molar-refractivity contribution < 1.29 is 4.79 Å². The molecule has 1 amide bonds. The van der Waals surface area contributed by atoms with Gasteiger partial charge in [-0.25, -0.2) is 4.98 Å². The van der Waals surface area contributed by atoms with E-state index in [0.29, 0.717) is 10.9 Å². The Kier molecular flexibility index (Phi) is 7.19. The summed E-state index contributed by atoms with van der Waals surface area (Å²) >= 11 is 4.57. The average molecular weight is 482 g/mol. The second-order valence-corrected chi connectivity index (χ2v) is 10.2. The van der Waals surface area contributed by atoms with E-state index in [1.165, 1.54) is 33.8 Å². The molecule has 0 bridgehead atoms. The number of carbonyl (C=O) groups excluding carboxylic acids is 1. The van der Waals surface area contributed by atoms with Crippen molar-refractivity contribution in [2.45, 2.75) is 37.3 Å². The molecule has 32 heavy (non-hydrogen) atoms. The van der Waals surface area contributed by atoms with Crippen LogP contribution >= 0.6 is 34.4 Å². The third-order valence-electron chi connectivity index (χ3n) is 4.67. The highest BCUT2D eigenvalue weighted by Gasteiger charge is 2.18. The molecule has 1 N–H and O–H groups in total. The van der Waals surface area contributed by atoms with Gasteiger partial charge in [-0.15, -0.1) is 21.5 Å². The highest BCUT2D eigenvalue weighted by molar-refractivity contribution is 8.00. The molecule has 0 atom stereocenters. The third kappa shape index (κ3) is 5.53. The SMILES string of the molecule is CCc1ccc(N(C(C)=O)c2nc(CSc3nnc(Nc4cccc(C)c4)s3)cs2)cc1. The Hall–Kier alpha value is -2.75. The molecule has 164 valence electrons. The number of rotatable bonds is 8. The number of hydrogen-bond donors (Lipinski definition) is 1. The van der Waals surface area contributed by atoms with Crippen molar-refractivity contribution >= 4 is 62.0 Å². The molecule has 0 radical (unpaired) electrons. The van der Waals surface area contributed by atoms with Gasteiger partial charge in [0.05, 0.1) is 11.4 Å². The minimum Gasteiger partial charge on any atom is -0.330 e. The van der Waals surface area contributed by atoms with E-state index in [4.69, 9.17) is 4.98 Å². The number of anilines is 4. The maximum Gasteiger partial charge on any atom is 0.230 e. The van der Waals surface area contributed by atoms with Crippen LogP contribution in [0.1, 0.15) is 30.7 Å². The molecule has 6 nitrogen and oxygen atoms in total. The van der Waals surface area contributed by atoms with Gasteiger partial charge in [0.25, 0.3) is 0 Å². The fraction of sp³-hybridized carbons (Fsp3) is 0.217. The number of aryl methyl sites for hydroxylation is 2. The zero-order chi connectivity index (χ0) is 22.5. The number of carbonyl (C=O) groups is 1. The van der Waals surface area contributed by atoms with E-state index in [1.807, 2.05) is 41.8 Å². The molecule has 2 heterocycles. The second-order valence-electron chi connectivity index (χ2n) is 7.15. The van der Waals surface area contributed by atoms with Crippen LogP contribution < -0.4 is 10.2 Å². The number of nitrogens with zero attached hydrogens (tertiary/aromatic N) is 4. The van der Waals surface area contributed by atoms with E-state index < -0.39 is 0 Å². The summed E-state index contributed by atoms with van der Waals surface area (Å²) in [5.74, 6) is 0.606. The third-order valence-corrected chi connectivity index (χ3v) is 7.55. The Morgan fingerprint density at radius 2 is 1.97 bits per heavy atom. The number of thiazole rings is 1. The quantitative estimate of drug-likeness (QED) is 0.286. The minimum absolute atomic E-state index is 0.0567. The molecule has 0 aliphatic rings. The first kappa shape index (κ1) is 22.4. The normalized spacial score (nSPS) is 10.8. The number of nitrogens with one attached hydrogen (secondary N) is 1. The largest absolute Gasteiger partial charge is 0.330 e. The predicted octanol–water partition coefficient (Wildman–Crippen LogP) is 6.59. The lowest BCUT2D eigenvalue weighted by Gasteiger charge is -2.18. The summed E-state index contributed by atoms with van der Waals surface area (Å²) in [5.41, 5.74) is 5.17. The summed E-state index contributed by atoms with van der Waals surface area (Å²) in [6.07, 6.45) is 0.965.